The van der Waals surface area contributed by atoms with Crippen LogP contribution in [-0.2, 0) is 10.0 Å². The number of sulfonamides is 1. The standard InChI is InChI=1S/C10H17N3O3S/c1-2-8-7-13(6-4-9(8)14)17(15,16)10-3-5-11-12-10/h3,5,8-9,14H,2,4,6-7H2,1H3,(H,11,12). The molecule has 1 fully saturated rings. The maximum Gasteiger partial charge on any atom is 0.259 e. The van der Waals surface area contributed by atoms with Crippen LogP contribution >= 0.6 is 0 Å². The summed E-state index contributed by atoms with van der Waals surface area (Å²) in [6, 6.07) is 1.45. The number of aliphatic hydroxyl groups is 1. The van der Waals surface area contributed by atoms with Crippen molar-refractivity contribution in [2.45, 2.75) is 30.9 Å². The Hall–Kier alpha value is -0.920. The Morgan fingerprint density at radius 1 is 1.65 bits per heavy atom. The average Bonchev–Trinajstić information content (AvgIpc) is 2.83. The van der Waals surface area contributed by atoms with E-state index >= 15 is 0 Å². The summed E-state index contributed by atoms with van der Waals surface area (Å²) < 4.78 is 25.8. The smallest absolute Gasteiger partial charge is 0.259 e. The minimum absolute atomic E-state index is 0.0152. The second kappa shape index (κ2) is 4.75. The van der Waals surface area contributed by atoms with Gasteiger partial charge in [-0.05, 0) is 24.8 Å². The van der Waals surface area contributed by atoms with Crippen LogP contribution in [0, 0.1) is 5.92 Å². The molecule has 0 aliphatic carbocycles. The Morgan fingerprint density at radius 2 is 2.41 bits per heavy atom. The van der Waals surface area contributed by atoms with Crippen molar-refractivity contribution in [1.82, 2.24) is 14.5 Å². The van der Waals surface area contributed by atoms with E-state index in [1.54, 1.807) is 0 Å². The number of hydrogen-bond acceptors (Lipinski definition) is 4. The highest BCUT2D eigenvalue weighted by atomic mass is 32.2. The van der Waals surface area contributed by atoms with Gasteiger partial charge in [-0.25, -0.2) is 8.42 Å². The maximum absolute atomic E-state index is 12.2. The molecular formula is C10H17N3O3S. The van der Waals surface area contributed by atoms with Gasteiger partial charge in [0.1, 0.15) is 0 Å². The lowest BCUT2D eigenvalue weighted by atomic mass is 9.94. The molecule has 0 spiro atoms. The van der Waals surface area contributed by atoms with Crippen LogP contribution in [0.1, 0.15) is 19.8 Å². The van der Waals surface area contributed by atoms with Crippen molar-refractivity contribution >= 4 is 10.0 Å². The maximum atomic E-state index is 12.2. The van der Waals surface area contributed by atoms with Gasteiger partial charge in [-0.15, -0.1) is 0 Å². The molecule has 0 radical (unpaired) electrons. The minimum Gasteiger partial charge on any atom is -0.393 e. The Morgan fingerprint density at radius 3 is 3.00 bits per heavy atom. The van der Waals surface area contributed by atoms with E-state index < -0.39 is 16.1 Å². The van der Waals surface area contributed by atoms with Gasteiger partial charge in [0, 0.05) is 13.1 Å². The van der Waals surface area contributed by atoms with E-state index in [1.807, 2.05) is 6.92 Å². The summed E-state index contributed by atoms with van der Waals surface area (Å²) in [6.07, 6.45) is 2.29. The fourth-order valence-corrected chi connectivity index (χ4v) is 3.54. The topological polar surface area (TPSA) is 86.3 Å². The summed E-state index contributed by atoms with van der Waals surface area (Å²) in [7, 11) is -3.48. The lowest BCUT2D eigenvalue weighted by Gasteiger charge is -2.34. The van der Waals surface area contributed by atoms with Gasteiger partial charge in [0.2, 0.25) is 0 Å². The van der Waals surface area contributed by atoms with Gasteiger partial charge in [0.05, 0.1) is 12.3 Å². The van der Waals surface area contributed by atoms with Crippen molar-refractivity contribution < 1.29 is 13.5 Å². The first-order valence-corrected chi connectivity index (χ1v) is 7.17. The zero-order valence-corrected chi connectivity index (χ0v) is 10.5. The average molecular weight is 259 g/mol. The first-order chi connectivity index (χ1) is 8.05. The number of H-pyrrole nitrogens is 1. The molecule has 96 valence electrons. The predicted molar refractivity (Wildman–Crippen MR) is 61.8 cm³/mol. The zero-order chi connectivity index (χ0) is 12.5. The number of hydrogen-bond donors (Lipinski definition) is 2. The van der Waals surface area contributed by atoms with Crippen LogP contribution in [0.15, 0.2) is 17.3 Å². The number of aromatic amines is 1. The van der Waals surface area contributed by atoms with Crippen LogP contribution in [-0.4, -0.2) is 47.2 Å². The number of rotatable bonds is 3. The first-order valence-electron chi connectivity index (χ1n) is 5.73. The molecule has 2 N–H and O–H groups in total. The van der Waals surface area contributed by atoms with E-state index in [2.05, 4.69) is 10.2 Å². The van der Waals surface area contributed by atoms with E-state index in [0.717, 1.165) is 6.42 Å². The molecule has 0 amide bonds. The Kier molecular flexibility index (Phi) is 3.50. The highest BCUT2D eigenvalue weighted by molar-refractivity contribution is 7.89. The van der Waals surface area contributed by atoms with Gasteiger partial charge in [-0.1, -0.05) is 6.92 Å². The van der Waals surface area contributed by atoms with E-state index in [-0.39, 0.29) is 10.9 Å². The molecule has 1 saturated heterocycles. The molecule has 1 aliphatic rings. The summed E-state index contributed by atoms with van der Waals surface area (Å²) in [5.41, 5.74) is 0. The zero-order valence-electron chi connectivity index (χ0n) is 9.70. The fraction of sp³-hybridized carbons (Fsp3) is 0.700. The minimum atomic E-state index is -3.48. The molecule has 0 bridgehead atoms. The third-order valence-corrected chi connectivity index (χ3v) is 5.07. The molecule has 1 aromatic heterocycles. The van der Waals surface area contributed by atoms with Crippen molar-refractivity contribution in [2.75, 3.05) is 13.1 Å². The largest absolute Gasteiger partial charge is 0.393 e. The third kappa shape index (κ3) is 2.36. The van der Waals surface area contributed by atoms with Crippen molar-refractivity contribution in [2.24, 2.45) is 5.92 Å². The molecule has 2 rings (SSSR count). The van der Waals surface area contributed by atoms with E-state index in [4.69, 9.17) is 0 Å². The van der Waals surface area contributed by atoms with Crippen LogP contribution < -0.4 is 0 Å². The summed E-state index contributed by atoms with van der Waals surface area (Å²) in [6.45, 7) is 2.69. The predicted octanol–water partition coefficient (Wildman–Crippen LogP) is 0.191. The second-order valence-corrected chi connectivity index (χ2v) is 6.21. The third-order valence-electron chi connectivity index (χ3n) is 3.27. The molecule has 2 atom stereocenters. The molecule has 2 heterocycles. The lowest BCUT2D eigenvalue weighted by molar-refractivity contribution is 0.0520. The van der Waals surface area contributed by atoms with Crippen LogP contribution in [0.2, 0.25) is 0 Å². The number of aromatic nitrogens is 2. The first kappa shape index (κ1) is 12.5. The second-order valence-electron chi connectivity index (χ2n) is 4.31. The van der Waals surface area contributed by atoms with Gasteiger partial charge in [-0.3, -0.25) is 5.10 Å². The molecule has 1 aliphatic heterocycles. The molecule has 7 heteroatoms. The number of nitrogens with zero attached hydrogens (tertiary/aromatic N) is 2. The molecule has 6 nitrogen and oxygen atoms in total. The summed E-state index contributed by atoms with van der Waals surface area (Å²) >= 11 is 0. The summed E-state index contributed by atoms with van der Waals surface area (Å²) in [5.74, 6) is 0.0152. The van der Waals surface area contributed by atoms with E-state index in [9.17, 15) is 13.5 Å². The van der Waals surface area contributed by atoms with Crippen molar-refractivity contribution in [3.8, 4) is 0 Å². The van der Waals surface area contributed by atoms with Crippen LogP contribution in [0.3, 0.4) is 0 Å². The Labute approximate surface area is 101 Å². The summed E-state index contributed by atoms with van der Waals surface area (Å²) in [5, 5.41) is 16.0. The summed E-state index contributed by atoms with van der Waals surface area (Å²) in [4.78, 5) is 0. The SMILES string of the molecule is CCC1CN(S(=O)(=O)c2ccn[nH]2)CCC1O. The molecule has 0 saturated carbocycles. The highest BCUT2D eigenvalue weighted by Crippen LogP contribution is 2.24. The van der Waals surface area contributed by atoms with Crippen molar-refractivity contribution in [1.29, 1.82) is 0 Å². The molecular weight excluding hydrogens is 242 g/mol. The van der Waals surface area contributed by atoms with Gasteiger partial charge in [-0.2, -0.15) is 9.40 Å². The van der Waals surface area contributed by atoms with E-state index in [1.165, 1.54) is 16.6 Å². The van der Waals surface area contributed by atoms with Gasteiger partial charge in [0.25, 0.3) is 10.0 Å². The van der Waals surface area contributed by atoms with Crippen molar-refractivity contribution in [3.05, 3.63) is 12.3 Å². The Bertz CT molecular complexity index is 457. The van der Waals surface area contributed by atoms with Gasteiger partial charge >= 0.3 is 0 Å². The fourth-order valence-electron chi connectivity index (χ4n) is 2.13. The lowest BCUT2D eigenvalue weighted by Crippen LogP contribution is -2.45. The molecule has 2 unspecified atom stereocenters. The number of nitrogens with one attached hydrogen (secondary N) is 1. The van der Waals surface area contributed by atoms with Crippen LogP contribution in [0.25, 0.3) is 0 Å². The number of aliphatic hydroxyl groups excluding tert-OH is 1. The van der Waals surface area contributed by atoms with Crippen molar-refractivity contribution in [3.63, 3.8) is 0 Å². The molecule has 17 heavy (non-hydrogen) atoms. The highest BCUT2D eigenvalue weighted by Gasteiger charge is 2.34. The van der Waals surface area contributed by atoms with Gasteiger partial charge < -0.3 is 5.11 Å². The monoisotopic (exact) mass is 259 g/mol. The molecule has 1 aromatic rings. The Balaban J connectivity index is 2.19. The molecule has 0 aromatic carbocycles. The normalized spacial score (nSPS) is 27.2. The quantitative estimate of drug-likeness (QED) is 0.811. The van der Waals surface area contributed by atoms with Crippen LogP contribution in [0.4, 0.5) is 0 Å². The van der Waals surface area contributed by atoms with Gasteiger partial charge in [0.15, 0.2) is 5.03 Å². The van der Waals surface area contributed by atoms with Crippen LogP contribution in [0.5, 0.6) is 0 Å². The van der Waals surface area contributed by atoms with E-state index in [0.29, 0.717) is 19.5 Å². The number of piperidine rings is 1.